The van der Waals surface area contributed by atoms with Gasteiger partial charge in [-0.15, -0.1) is 0 Å². The zero-order valence-corrected chi connectivity index (χ0v) is 10.3. The molecule has 20 heavy (non-hydrogen) atoms. The second kappa shape index (κ2) is 4.58. The Kier molecular flexibility index (Phi) is 2.76. The van der Waals surface area contributed by atoms with Crippen molar-refractivity contribution in [3.8, 4) is 11.3 Å². The second-order valence-corrected chi connectivity index (χ2v) is 4.25. The Labute approximate surface area is 113 Å². The molecule has 0 radical (unpaired) electrons. The van der Waals surface area contributed by atoms with Crippen LogP contribution in [0.15, 0.2) is 54.7 Å². The van der Waals surface area contributed by atoms with E-state index in [1.807, 2.05) is 30.3 Å². The van der Waals surface area contributed by atoms with E-state index in [0.717, 1.165) is 5.56 Å². The molecule has 0 aliphatic rings. The number of nitrogens with zero attached hydrogens (tertiary/aromatic N) is 3. The van der Waals surface area contributed by atoms with Crippen LogP contribution in [0.3, 0.4) is 0 Å². The van der Waals surface area contributed by atoms with Gasteiger partial charge in [-0.25, -0.2) is 4.98 Å². The van der Waals surface area contributed by atoms with Gasteiger partial charge in [0.1, 0.15) is 11.2 Å². The van der Waals surface area contributed by atoms with E-state index in [9.17, 15) is 15.3 Å². The van der Waals surface area contributed by atoms with Crippen molar-refractivity contribution in [1.29, 1.82) is 0 Å². The van der Waals surface area contributed by atoms with Gasteiger partial charge in [0, 0.05) is 11.6 Å². The summed E-state index contributed by atoms with van der Waals surface area (Å²) in [7, 11) is 0. The largest absolute Gasteiger partial charge is 0.618 e. The predicted molar refractivity (Wildman–Crippen MR) is 72.8 cm³/mol. The van der Waals surface area contributed by atoms with Crippen LogP contribution in [0.1, 0.15) is 0 Å². The molecule has 0 unspecified atom stereocenters. The quantitative estimate of drug-likeness (QED) is 0.309. The molecule has 0 spiro atoms. The fraction of sp³-hybridized carbons (Fsp3) is 0. The van der Waals surface area contributed by atoms with Crippen LogP contribution in [-0.2, 0) is 0 Å². The van der Waals surface area contributed by atoms with E-state index in [4.69, 9.17) is 0 Å². The SMILES string of the molecule is O=[N+]([O-])c1ccc2nc(-c3ccccc3)c[n+]([O-])c2c1. The van der Waals surface area contributed by atoms with Crippen molar-refractivity contribution in [2.24, 2.45) is 0 Å². The summed E-state index contributed by atoms with van der Waals surface area (Å²) in [5.41, 5.74) is 1.82. The first-order valence-electron chi connectivity index (χ1n) is 5.89. The molecular formula is C14H9N3O3. The molecule has 6 heteroatoms. The molecule has 0 aliphatic heterocycles. The van der Waals surface area contributed by atoms with E-state index in [-0.39, 0.29) is 11.2 Å². The highest BCUT2D eigenvalue weighted by atomic mass is 16.6. The highest BCUT2D eigenvalue weighted by Gasteiger charge is 2.15. The molecule has 0 N–H and O–H groups in total. The van der Waals surface area contributed by atoms with Gasteiger partial charge in [0.15, 0.2) is 0 Å². The normalized spacial score (nSPS) is 10.6. The van der Waals surface area contributed by atoms with Crippen LogP contribution in [0, 0.1) is 15.3 Å². The van der Waals surface area contributed by atoms with Crippen LogP contribution in [0.25, 0.3) is 22.3 Å². The minimum absolute atomic E-state index is 0.128. The number of rotatable bonds is 2. The minimum atomic E-state index is -0.537. The summed E-state index contributed by atoms with van der Waals surface area (Å²) in [5.74, 6) is 0. The smallest absolute Gasteiger partial charge is 0.276 e. The summed E-state index contributed by atoms with van der Waals surface area (Å²) in [6, 6.07) is 13.3. The van der Waals surface area contributed by atoms with Crippen molar-refractivity contribution < 1.29 is 9.65 Å². The molecule has 3 rings (SSSR count). The summed E-state index contributed by atoms with van der Waals surface area (Å²) < 4.78 is 0.609. The molecule has 98 valence electrons. The Bertz CT molecular complexity index is 803. The molecule has 0 aliphatic carbocycles. The predicted octanol–water partition coefficient (Wildman–Crippen LogP) is 2.44. The maximum Gasteiger partial charge on any atom is 0.276 e. The van der Waals surface area contributed by atoms with Crippen molar-refractivity contribution in [2.45, 2.75) is 0 Å². The zero-order valence-electron chi connectivity index (χ0n) is 10.3. The van der Waals surface area contributed by atoms with Crippen LogP contribution in [0.2, 0.25) is 0 Å². The first-order chi connectivity index (χ1) is 9.65. The lowest BCUT2D eigenvalue weighted by Gasteiger charge is -2.04. The molecule has 2 aromatic carbocycles. The van der Waals surface area contributed by atoms with Crippen molar-refractivity contribution in [1.82, 2.24) is 4.98 Å². The Morgan fingerprint density at radius 1 is 1.10 bits per heavy atom. The van der Waals surface area contributed by atoms with E-state index < -0.39 is 4.92 Å². The van der Waals surface area contributed by atoms with Crippen LogP contribution in [-0.4, -0.2) is 9.91 Å². The summed E-state index contributed by atoms with van der Waals surface area (Å²) in [6.07, 6.45) is 1.32. The van der Waals surface area contributed by atoms with Crippen LogP contribution in [0.5, 0.6) is 0 Å². The number of nitro benzene ring substituents is 1. The summed E-state index contributed by atoms with van der Waals surface area (Å²) in [6.45, 7) is 0. The van der Waals surface area contributed by atoms with Gasteiger partial charge in [-0.2, -0.15) is 4.73 Å². The minimum Gasteiger partial charge on any atom is -0.618 e. The molecule has 1 aromatic heterocycles. The third kappa shape index (κ3) is 2.03. The van der Waals surface area contributed by atoms with E-state index >= 15 is 0 Å². The van der Waals surface area contributed by atoms with E-state index in [1.54, 1.807) is 0 Å². The molecule has 6 nitrogen and oxygen atoms in total. The third-order valence-electron chi connectivity index (χ3n) is 2.96. The Hall–Kier alpha value is -3.02. The Morgan fingerprint density at radius 3 is 2.55 bits per heavy atom. The molecular weight excluding hydrogens is 258 g/mol. The lowest BCUT2D eigenvalue weighted by Crippen LogP contribution is -2.27. The molecule has 0 saturated heterocycles. The highest BCUT2D eigenvalue weighted by Crippen LogP contribution is 2.20. The summed E-state index contributed by atoms with van der Waals surface area (Å²) >= 11 is 0. The van der Waals surface area contributed by atoms with E-state index in [0.29, 0.717) is 15.9 Å². The number of aromatic nitrogens is 2. The van der Waals surface area contributed by atoms with Gasteiger partial charge in [0.25, 0.3) is 5.69 Å². The van der Waals surface area contributed by atoms with Gasteiger partial charge in [-0.3, -0.25) is 10.1 Å². The van der Waals surface area contributed by atoms with Crippen molar-refractivity contribution in [3.63, 3.8) is 0 Å². The topological polar surface area (TPSA) is 83.0 Å². The lowest BCUT2D eigenvalue weighted by molar-refractivity contribution is -0.576. The van der Waals surface area contributed by atoms with Gasteiger partial charge in [-0.05, 0) is 6.07 Å². The number of fused-ring (bicyclic) bond motifs is 1. The summed E-state index contributed by atoms with van der Waals surface area (Å²) in [5, 5.41) is 22.7. The average molecular weight is 267 g/mol. The van der Waals surface area contributed by atoms with Crippen LogP contribution < -0.4 is 4.73 Å². The third-order valence-corrected chi connectivity index (χ3v) is 2.96. The average Bonchev–Trinajstić information content (AvgIpc) is 2.47. The molecule has 1 heterocycles. The fourth-order valence-corrected chi connectivity index (χ4v) is 1.98. The van der Waals surface area contributed by atoms with E-state index in [2.05, 4.69) is 4.98 Å². The van der Waals surface area contributed by atoms with E-state index in [1.165, 1.54) is 24.4 Å². The molecule has 0 atom stereocenters. The van der Waals surface area contributed by atoms with Gasteiger partial charge in [-0.1, -0.05) is 30.3 Å². The van der Waals surface area contributed by atoms with Gasteiger partial charge in [0.2, 0.25) is 11.7 Å². The molecule has 0 saturated carbocycles. The number of non-ortho nitro benzene ring substituents is 1. The van der Waals surface area contributed by atoms with Gasteiger partial charge >= 0.3 is 0 Å². The maximum absolute atomic E-state index is 12.0. The Morgan fingerprint density at radius 2 is 1.85 bits per heavy atom. The van der Waals surface area contributed by atoms with Crippen molar-refractivity contribution in [3.05, 3.63) is 70.0 Å². The number of hydrogen-bond acceptors (Lipinski definition) is 4. The monoisotopic (exact) mass is 267 g/mol. The first-order valence-corrected chi connectivity index (χ1v) is 5.89. The molecule has 3 aromatic rings. The summed E-state index contributed by atoms with van der Waals surface area (Å²) in [4.78, 5) is 14.5. The molecule has 0 amide bonds. The maximum atomic E-state index is 12.0. The van der Waals surface area contributed by atoms with Crippen molar-refractivity contribution in [2.75, 3.05) is 0 Å². The first kappa shape index (κ1) is 12.0. The van der Waals surface area contributed by atoms with Crippen LogP contribution >= 0.6 is 0 Å². The Balaban J connectivity index is 2.21. The number of benzene rings is 2. The second-order valence-electron chi connectivity index (χ2n) is 4.25. The molecule has 0 fully saturated rings. The number of nitro groups is 1. The fourth-order valence-electron chi connectivity index (χ4n) is 1.98. The standard InChI is InChI=1S/C14H9N3O3/c18-16-9-13(10-4-2-1-3-5-10)15-12-7-6-11(17(19)20)8-14(12)16/h1-9H. The zero-order chi connectivity index (χ0) is 14.1. The van der Waals surface area contributed by atoms with Gasteiger partial charge < -0.3 is 5.21 Å². The number of hydrogen-bond donors (Lipinski definition) is 0. The molecule has 0 bridgehead atoms. The highest BCUT2D eigenvalue weighted by molar-refractivity contribution is 5.76. The van der Waals surface area contributed by atoms with Gasteiger partial charge in [0.05, 0.1) is 11.0 Å². The van der Waals surface area contributed by atoms with Crippen LogP contribution in [0.4, 0.5) is 5.69 Å². The van der Waals surface area contributed by atoms with Crippen molar-refractivity contribution >= 4 is 16.7 Å². The lowest BCUT2D eigenvalue weighted by atomic mass is 10.1.